The molecule has 1 rings (SSSR count). The normalized spacial score (nSPS) is 11.2. The van der Waals surface area contributed by atoms with Crippen LogP contribution in [0.3, 0.4) is 0 Å². The summed E-state index contributed by atoms with van der Waals surface area (Å²) < 4.78 is 49.1. The first-order valence-corrected chi connectivity index (χ1v) is 7.68. The molecule has 0 aliphatic heterocycles. The highest BCUT2D eigenvalue weighted by Crippen LogP contribution is 2.24. The Labute approximate surface area is 120 Å². The SMILES string of the molecule is C=C(C)CN(C)C(=O)c1cc(F)c(F)cc1S(=O)(=O)Cl. The van der Waals surface area contributed by atoms with Gasteiger partial charge in [-0.1, -0.05) is 12.2 Å². The van der Waals surface area contributed by atoms with Crippen molar-refractivity contribution in [1.82, 2.24) is 4.90 Å². The van der Waals surface area contributed by atoms with E-state index in [4.69, 9.17) is 10.7 Å². The van der Waals surface area contributed by atoms with Crippen LogP contribution in [0.4, 0.5) is 8.78 Å². The third kappa shape index (κ3) is 3.77. The molecule has 0 bridgehead atoms. The second-order valence-electron chi connectivity index (χ2n) is 4.32. The van der Waals surface area contributed by atoms with Gasteiger partial charge in [0.05, 0.1) is 10.5 Å². The lowest BCUT2D eigenvalue weighted by atomic mass is 10.1. The molecule has 0 aromatic heterocycles. The van der Waals surface area contributed by atoms with Crippen molar-refractivity contribution in [3.8, 4) is 0 Å². The van der Waals surface area contributed by atoms with Crippen LogP contribution in [-0.4, -0.2) is 32.8 Å². The zero-order chi connectivity index (χ0) is 15.7. The predicted octanol–water partition coefficient (Wildman–Crippen LogP) is 2.54. The van der Waals surface area contributed by atoms with E-state index in [2.05, 4.69) is 6.58 Å². The summed E-state index contributed by atoms with van der Waals surface area (Å²) in [6.07, 6.45) is 0. The Balaban J connectivity index is 3.40. The van der Waals surface area contributed by atoms with Gasteiger partial charge < -0.3 is 4.90 Å². The summed E-state index contributed by atoms with van der Waals surface area (Å²) in [6.45, 7) is 5.40. The first kappa shape index (κ1) is 16.6. The topological polar surface area (TPSA) is 54.5 Å². The molecule has 0 aliphatic carbocycles. The van der Waals surface area contributed by atoms with Crippen LogP contribution >= 0.6 is 10.7 Å². The Morgan fingerprint density at radius 1 is 1.35 bits per heavy atom. The Bertz CT molecular complexity index is 674. The number of carbonyl (C=O) groups excluding carboxylic acids is 1. The molecule has 1 aromatic carbocycles. The molecule has 0 unspecified atom stereocenters. The number of hydrogen-bond donors (Lipinski definition) is 0. The van der Waals surface area contributed by atoms with Gasteiger partial charge in [0, 0.05) is 24.3 Å². The number of nitrogens with zero attached hydrogens (tertiary/aromatic N) is 1. The summed E-state index contributed by atoms with van der Waals surface area (Å²) in [6, 6.07) is 0.904. The second kappa shape index (κ2) is 5.88. The summed E-state index contributed by atoms with van der Waals surface area (Å²) in [5, 5.41) is 0. The fourth-order valence-electron chi connectivity index (χ4n) is 1.58. The highest BCUT2D eigenvalue weighted by molar-refractivity contribution is 8.13. The fraction of sp³-hybridized carbons (Fsp3) is 0.250. The lowest BCUT2D eigenvalue weighted by molar-refractivity contribution is 0.0802. The van der Waals surface area contributed by atoms with Crippen LogP contribution in [-0.2, 0) is 9.05 Å². The zero-order valence-corrected chi connectivity index (χ0v) is 12.4. The smallest absolute Gasteiger partial charge is 0.262 e. The van der Waals surface area contributed by atoms with E-state index in [1.165, 1.54) is 7.05 Å². The van der Waals surface area contributed by atoms with Gasteiger partial charge in [-0.05, 0) is 19.1 Å². The summed E-state index contributed by atoms with van der Waals surface area (Å²) >= 11 is 0. The van der Waals surface area contributed by atoms with Gasteiger partial charge in [0.15, 0.2) is 11.6 Å². The number of halogens is 3. The molecule has 4 nitrogen and oxygen atoms in total. The van der Waals surface area contributed by atoms with E-state index in [0.717, 1.165) is 4.90 Å². The molecule has 110 valence electrons. The van der Waals surface area contributed by atoms with Crippen molar-refractivity contribution in [1.29, 1.82) is 0 Å². The molecule has 0 N–H and O–H groups in total. The van der Waals surface area contributed by atoms with Crippen LogP contribution in [0.15, 0.2) is 29.2 Å². The Morgan fingerprint density at radius 2 is 1.85 bits per heavy atom. The molecule has 20 heavy (non-hydrogen) atoms. The summed E-state index contributed by atoms with van der Waals surface area (Å²) in [5.74, 6) is -3.53. The van der Waals surface area contributed by atoms with Crippen molar-refractivity contribution in [2.45, 2.75) is 11.8 Å². The van der Waals surface area contributed by atoms with Crippen LogP contribution in [0.25, 0.3) is 0 Å². The predicted molar refractivity (Wildman–Crippen MR) is 71.2 cm³/mol. The average molecular weight is 324 g/mol. The molecule has 0 radical (unpaired) electrons. The molecule has 1 amide bonds. The summed E-state index contributed by atoms with van der Waals surface area (Å²) in [5.41, 5.74) is 0.112. The van der Waals surface area contributed by atoms with Crippen LogP contribution in [0, 0.1) is 11.6 Å². The zero-order valence-electron chi connectivity index (χ0n) is 10.8. The third-order valence-corrected chi connectivity index (χ3v) is 3.73. The summed E-state index contributed by atoms with van der Waals surface area (Å²) in [4.78, 5) is 12.4. The number of likely N-dealkylation sites (N-methyl/N-ethyl adjacent to an activating group) is 1. The van der Waals surface area contributed by atoms with Crippen molar-refractivity contribution < 1.29 is 22.0 Å². The average Bonchev–Trinajstić information content (AvgIpc) is 2.28. The van der Waals surface area contributed by atoms with Crippen molar-refractivity contribution in [2.24, 2.45) is 0 Å². The molecule has 0 fully saturated rings. The van der Waals surface area contributed by atoms with E-state index in [0.29, 0.717) is 17.7 Å². The van der Waals surface area contributed by atoms with Gasteiger partial charge in [-0.15, -0.1) is 0 Å². The first-order chi connectivity index (χ1) is 9.04. The molecular formula is C12H12ClF2NO3S. The maximum Gasteiger partial charge on any atom is 0.262 e. The van der Waals surface area contributed by atoms with Crippen molar-refractivity contribution in [2.75, 3.05) is 13.6 Å². The minimum Gasteiger partial charge on any atom is -0.338 e. The standard InChI is InChI=1S/C12H12ClF2NO3S/c1-7(2)6-16(3)12(17)8-4-9(14)10(15)5-11(8)20(13,18)19/h4-5H,1,6H2,2-3H3. The monoisotopic (exact) mass is 323 g/mol. The molecule has 0 saturated carbocycles. The molecule has 8 heteroatoms. The number of rotatable bonds is 4. The lowest BCUT2D eigenvalue weighted by Gasteiger charge is -2.18. The summed E-state index contributed by atoms with van der Waals surface area (Å²) in [7, 11) is 2.13. The lowest BCUT2D eigenvalue weighted by Crippen LogP contribution is -2.29. The van der Waals surface area contributed by atoms with Crippen molar-refractivity contribution >= 4 is 25.6 Å². The minimum atomic E-state index is -4.38. The Morgan fingerprint density at radius 3 is 2.30 bits per heavy atom. The number of benzene rings is 1. The van der Waals surface area contributed by atoms with E-state index >= 15 is 0 Å². The van der Waals surface area contributed by atoms with Crippen molar-refractivity contribution in [3.63, 3.8) is 0 Å². The van der Waals surface area contributed by atoms with E-state index in [1.54, 1.807) is 6.92 Å². The van der Waals surface area contributed by atoms with Gasteiger partial charge in [-0.3, -0.25) is 4.79 Å². The van der Waals surface area contributed by atoms with Gasteiger partial charge in [-0.25, -0.2) is 17.2 Å². The molecule has 0 aliphatic rings. The van der Waals surface area contributed by atoms with E-state index in [9.17, 15) is 22.0 Å². The van der Waals surface area contributed by atoms with E-state index in [-0.39, 0.29) is 6.54 Å². The molecule has 0 atom stereocenters. The van der Waals surface area contributed by atoms with Gasteiger partial charge >= 0.3 is 0 Å². The second-order valence-corrected chi connectivity index (χ2v) is 6.85. The minimum absolute atomic E-state index is 0.138. The van der Waals surface area contributed by atoms with E-state index < -0.39 is 37.1 Å². The van der Waals surface area contributed by atoms with Gasteiger partial charge in [0.25, 0.3) is 15.0 Å². The van der Waals surface area contributed by atoms with Gasteiger partial charge in [-0.2, -0.15) is 0 Å². The number of hydrogen-bond acceptors (Lipinski definition) is 3. The van der Waals surface area contributed by atoms with Crippen LogP contribution in [0.1, 0.15) is 17.3 Å². The van der Waals surface area contributed by atoms with Crippen molar-refractivity contribution in [3.05, 3.63) is 41.5 Å². The number of carbonyl (C=O) groups is 1. The molecule has 0 saturated heterocycles. The highest BCUT2D eigenvalue weighted by atomic mass is 35.7. The third-order valence-electron chi connectivity index (χ3n) is 2.37. The van der Waals surface area contributed by atoms with Crippen LogP contribution in [0.5, 0.6) is 0 Å². The first-order valence-electron chi connectivity index (χ1n) is 5.37. The molecular weight excluding hydrogens is 312 g/mol. The quantitative estimate of drug-likeness (QED) is 0.632. The molecule has 0 heterocycles. The maximum absolute atomic E-state index is 13.2. The largest absolute Gasteiger partial charge is 0.338 e. The van der Waals surface area contributed by atoms with E-state index in [1.807, 2.05) is 0 Å². The van der Waals surface area contributed by atoms with Crippen LogP contribution < -0.4 is 0 Å². The Hall–Kier alpha value is -1.47. The number of amides is 1. The van der Waals surface area contributed by atoms with Gasteiger partial charge in [0.1, 0.15) is 0 Å². The maximum atomic E-state index is 13.2. The fourth-order valence-corrected chi connectivity index (χ4v) is 2.62. The Kier molecular flexibility index (Phi) is 4.88. The van der Waals surface area contributed by atoms with Gasteiger partial charge in [0.2, 0.25) is 0 Å². The highest BCUT2D eigenvalue weighted by Gasteiger charge is 2.25. The molecule has 1 aromatic rings. The van der Waals surface area contributed by atoms with Crippen LogP contribution in [0.2, 0.25) is 0 Å². The molecule has 0 spiro atoms.